The molecule has 0 saturated heterocycles. The normalized spacial score (nSPS) is 14.3. The van der Waals surface area contributed by atoms with Crippen LogP contribution in [0.15, 0.2) is 465 Å². The Balaban J connectivity index is 0.000000136. The largest absolute Gasteiger partial charge is 0.456 e. The maximum Gasteiger partial charge on any atom is 0.135 e. The number of thiophene rings is 1. The van der Waals surface area contributed by atoms with Crippen molar-refractivity contribution in [2.45, 2.75) is 49.4 Å². The molecular formula is C128H88N4OS. The number of fused-ring (bicyclic) bond motifs is 30. The van der Waals surface area contributed by atoms with Crippen LogP contribution in [0.5, 0.6) is 0 Å². The Morgan fingerprint density at radius 3 is 1.03 bits per heavy atom. The van der Waals surface area contributed by atoms with Gasteiger partial charge in [-0.15, -0.1) is 11.3 Å². The van der Waals surface area contributed by atoms with E-state index in [0.29, 0.717) is 0 Å². The molecule has 632 valence electrons. The second kappa shape index (κ2) is 29.6. The molecule has 2 aliphatic heterocycles. The molecule has 0 atom stereocenters. The summed E-state index contributed by atoms with van der Waals surface area (Å²) >= 11 is 1.87. The molecule has 2 aromatic heterocycles. The lowest BCUT2D eigenvalue weighted by Gasteiger charge is -2.45. The van der Waals surface area contributed by atoms with Gasteiger partial charge in [0.1, 0.15) is 11.2 Å². The van der Waals surface area contributed by atoms with E-state index in [9.17, 15) is 0 Å². The molecule has 2 spiro atoms. The van der Waals surface area contributed by atoms with Crippen LogP contribution < -0.4 is 19.6 Å². The van der Waals surface area contributed by atoms with Crippen LogP contribution in [-0.2, 0) is 21.7 Å². The topological polar surface area (TPSA) is 26.1 Å². The van der Waals surface area contributed by atoms with E-state index in [0.717, 1.165) is 78.6 Å². The number of benzene rings is 20. The molecule has 4 heterocycles. The monoisotopic (exact) mass is 1730 g/mol. The summed E-state index contributed by atoms with van der Waals surface area (Å²) in [6.07, 6.45) is 0. The molecule has 6 aliphatic rings. The second-order valence-corrected chi connectivity index (χ2v) is 38.6. The minimum absolute atomic E-state index is 0.173. The Morgan fingerprint density at radius 2 is 0.552 bits per heavy atom. The molecule has 0 bridgehead atoms. The van der Waals surface area contributed by atoms with E-state index >= 15 is 0 Å². The smallest absolute Gasteiger partial charge is 0.135 e. The van der Waals surface area contributed by atoms with Crippen molar-refractivity contribution in [1.82, 2.24) is 0 Å². The average molecular weight is 1730 g/mol. The van der Waals surface area contributed by atoms with Crippen LogP contribution in [0.4, 0.5) is 68.2 Å². The summed E-state index contributed by atoms with van der Waals surface area (Å²) in [5.41, 5.74) is 44.7. The highest BCUT2D eigenvalue weighted by molar-refractivity contribution is 7.25. The van der Waals surface area contributed by atoms with Gasteiger partial charge in [0, 0.05) is 86.8 Å². The molecule has 0 N–H and O–H groups in total. The van der Waals surface area contributed by atoms with Gasteiger partial charge in [0.05, 0.1) is 56.3 Å². The number of para-hydroxylation sites is 9. The number of hydrogen-bond donors (Lipinski definition) is 0. The maximum atomic E-state index is 6.36. The van der Waals surface area contributed by atoms with E-state index in [1.54, 1.807) is 0 Å². The van der Waals surface area contributed by atoms with E-state index in [1.807, 2.05) is 17.4 Å². The van der Waals surface area contributed by atoms with Crippen molar-refractivity contribution in [3.8, 4) is 66.8 Å². The van der Waals surface area contributed by atoms with E-state index in [-0.39, 0.29) is 10.8 Å². The van der Waals surface area contributed by atoms with Gasteiger partial charge in [-0.3, -0.25) is 0 Å². The van der Waals surface area contributed by atoms with Crippen LogP contribution in [0.2, 0.25) is 0 Å². The Morgan fingerprint density at radius 1 is 0.216 bits per heavy atom. The molecule has 0 unspecified atom stereocenters. The van der Waals surface area contributed by atoms with Crippen LogP contribution in [0.3, 0.4) is 0 Å². The molecule has 6 heteroatoms. The molecule has 20 aromatic carbocycles. The fraction of sp³-hybridized carbons (Fsp3) is 0.0625. The number of hydrogen-bond acceptors (Lipinski definition) is 6. The fourth-order valence-electron chi connectivity index (χ4n) is 24.4. The molecule has 22 aromatic rings. The van der Waals surface area contributed by atoms with Gasteiger partial charge in [0.25, 0.3) is 0 Å². The Bertz CT molecular complexity index is 8050. The SMILES string of the molecule is CC1(C)c2ccccc2-c2ccc(N(c3ccccc3-c3ccc4oc5ccccc5c4c3)c3cccc4c3-c3ccccc3C43c4ccccc4N(c4ccccc4)c4ccccc43)cc21.CC1(C)c2ccccc2-c2ccc(N(c3ccccc3-c3ccc4sc5ccccc5c4c3)c3cccc4c3-c3ccccc3C43c4ccccc4N(c4ccccc4)c4ccccc43)cc21. The molecule has 0 amide bonds. The molecule has 5 nitrogen and oxygen atoms in total. The van der Waals surface area contributed by atoms with Gasteiger partial charge < -0.3 is 24.0 Å². The van der Waals surface area contributed by atoms with Crippen LogP contribution in [-0.4, -0.2) is 0 Å². The van der Waals surface area contributed by atoms with E-state index in [1.165, 1.54) is 165 Å². The van der Waals surface area contributed by atoms with Crippen molar-refractivity contribution >= 4 is 122 Å². The Kier molecular flexibility index (Phi) is 17.1. The van der Waals surface area contributed by atoms with Crippen molar-refractivity contribution < 1.29 is 4.42 Å². The molecule has 134 heavy (non-hydrogen) atoms. The van der Waals surface area contributed by atoms with Crippen molar-refractivity contribution in [2.24, 2.45) is 0 Å². The third-order valence-corrected chi connectivity index (χ3v) is 31.3. The zero-order valence-electron chi connectivity index (χ0n) is 74.5. The lowest BCUT2D eigenvalue weighted by Crippen LogP contribution is -2.36. The van der Waals surface area contributed by atoms with Gasteiger partial charge in [-0.2, -0.15) is 0 Å². The highest BCUT2D eigenvalue weighted by Gasteiger charge is 2.55. The number of anilines is 12. The van der Waals surface area contributed by atoms with Crippen LogP contribution >= 0.6 is 11.3 Å². The second-order valence-electron chi connectivity index (χ2n) is 37.5. The maximum absolute atomic E-state index is 6.36. The summed E-state index contributed by atoms with van der Waals surface area (Å²) in [4.78, 5) is 10.0. The zero-order chi connectivity index (χ0) is 88.9. The van der Waals surface area contributed by atoms with E-state index < -0.39 is 10.8 Å². The summed E-state index contributed by atoms with van der Waals surface area (Å²) < 4.78 is 8.98. The molecule has 28 rings (SSSR count). The van der Waals surface area contributed by atoms with Crippen LogP contribution in [0, 0.1) is 0 Å². The highest BCUT2D eigenvalue weighted by Crippen LogP contribution is 2.69. The fourth-order valence-corrected chi connectivity index (χ4v) is 25.5. The zero-order valence-corrected chi connectivity index (χ0v) is 75.3. The number of furan rings is 1. The average Bonchev–Trinajstić information content (AvgIpc) is 1.49. The standard InChI is InChI=1S/C64H44N2O.C64H44N2S/c2*1-63(2)50-25-10-6-22-45(50)46-37-36-43(40-55(46)63)66(56-30-14-8-21-44(56)41-35-38-61-49(39-41)47-23-9-17-34-60(47)67-61)59-33-18-29-54-62(59)48-24-7-11-26-51(48)64(54)52-27-12-15-31-57(52)65(42-19-4-3-5-20-42)58-32-16-13-28-53(58)64/h2*3-40H,1-2H3. The number of nitrogens with zero attached hydrogens (tertiary/aromatic N) is 4. The van der Waals surface area contributed by atoms with Gasteiger partial charge >= 0.3 is 0 Å². The lowest BCUT2D eigenvalue weighted by atomic mass is 9.64. The first-order valence-corrected chi connectivity index (χ1v) is 47.5. The number of rotatable bonds is 10. The Labute approximate surface area is 783 Å². The molecule has 0 radical (unpaired) electrons. The van der Waals surface area contributed by atoms with Gasteiger partial charge in [0.15, 0.2) is 0 Å². The minimum atomic E-state index is -0.597. The molecule has 4 aliphatic carbocycles. The quantitative estimate of drug-likeness (QED) is 0.136. The highest BCUT2D eigenvalue weighted by atomic mass is 32.1. The van der Waals surface area contributed by atoms with Crippen molar-refractivity contribution in [3.63, 3.8) is 0 Å². The molecule has 0 saturated carbocycles. The summed E-state index contributed by atoms with van der Waals surface area (Å²) in [5.74, 6) is 0. The first kappa shape index (κ1) is 77.6. The van der Waals surface area contributed by atoms with Gasteiger partial charge in [-0.1, -0.05) is 355 Å². The van der Waals surface area contributed by atoms with Crippen LogP contribution in [0.1, 0.15) is 94.5 Å². The summed E-state index contributed by atoms with van der Waals surface area (Å²) in [6, 6.07) is 172. The third kappa shape index (κ3) is 11.0. The van der Waals surface area contributed by atoms with Gasteiger partial charge in [0.2, 0.25) is 0 Å². The van der Waals surface area contributed by atoms with Crippen molar-refractivity contribution in [3.05, 3.63) is 528 Å². The minimum Gasteiger partial charge on any atom is -0.456 e. The van der Waals surface area contributed by atoms with Gasteiger partial charge in [-0.25, -0.2) is 0 Å². The lowest BCUT2D eigenvalue weighted by molar-refractivity contribution is 0.660. The van der Waals surface area contributed by atoms with E-state index in [4.69, 9.17) is 4.42 Å². The first-order valence-electron chi connectivity index (χ1n) is 46.7. The predicted octanol–water partition coefficient (Wildman–Crippen LogP) is 34.8. The Hall–Kier alpha value is -16.4. The van der Waals surface area contributed by atoms with E-state index in [2.05, 4.69) is 502 Å². The first-order chi connectivity index (χ1) is 66.0. The summed E-state index contributed by atoms with van der Waals surface area (Å²) in [7, 11) is 0. The summed E-state index contributed by atoms with van der Waals surface area (Å²) in [6.45, 7) is 9.52. The molecule has 0 fully saturated rings. The van der Waals surface area contributed by atoms with Crippen LogP contribution in [0.25, 0.3) is 109 Å². The van der Waals surface area contributed by atoms with Gasteiger partial charge in [-0.05, 0) is 245 Å². The van der Waals surface area contributed by atoms with Crippen molar-refractivity contribution in [1.29, 1.82) is 0 Å². The predicted molar refractivity (Wildman–Crippen MR) is 560 cm³/mol. The third-order valence-electron chi connectivity index (χ3n) is 30.1. The summed E-state index contributed by atoms with van der Waals surface area (Å²) in [5, 5.41) is 4.84. The molecular weight excluding hydrogens is 1640 g/mol. The van der Waals surface area contributed by atoms with Crippen molar-refractivity contribution in [2.75, 3.05) is 19.6 Å².